The first-order valence-electron chi connectivity index (χ1n) is 10.6. The van der Waals surface area contributed by atoms with Gasteiger partial charge in [-0.05, 0) is 56.2 Å². The lowest BCUT2D eigenvalue weighted by Crippen LogP contribution is -2.41. The minimum Gasteiger partial charge on any atom is -0.332 e. The standard InChI is InChI=1S/C22H24N6O2/c29-21-13-16-7-4-5-11-19(16)24-27(21)15-18-10-6-12-26(18)22(30)20-14-23-28(25-20)17-8-2-1-3-9-17/h1-3,8-9,13-14,18H,4-7,10-12,15H2. The molecule has 1 unspecified atom stereocenters. The Balaban J connectivity index is 1.35. The van der Waals surface area contributed by atoms with E-state index in [1.54, 1.807) is 10.7 Å². The first-order valence-corrected chi connectivity index (χ1v) is 10.6. The molecule has 0 radical (unpaired) electrons. The molecule has 0 N–H and O–H groups in total. The van der Waals surface area contributed by atoms with Gasteiger partial charge < -0.3 is 4.90 Å². The van der Waals surface area contributed by atoms with Crippen LogP contribution in [-0.4, -0.2) is 48.2 Å². The Morgan fingerprint density at radius 2 is 1.90 bits per heavy atom. The summed E-state index contributed by atoms with van der Waals surface area (Å²) in [5.74, 6) is -0.148. The van der Waals surface area contributed by atoms with Crippen molar-refractivity contribution in [1.82, 2.24) is 29.7 Å². The highest BCUT2D eigenvalue weighted by Gasteiger charge is 2.32. The number of rotatable bonds is 4. The summed E-state index contributed by atoms with van der Waals surface area (Å²) in [4.78, 5) is 28.9. The molecule has 1 aliphatic carbocycles. The van der Waals surface area contributed by atoms with Gasteiger partial charge in [-0.15, -0.1) is 5.10 Å². The number of nitrogens with zero attached hydrogens (tertiary/aromatic N) is 6. The van der Waals surface area contributed by atoms with Crippen molar-refractivity contribution in [3.63, 3.8) is 0 Å². The van der Waals surface area contributed by atoms with Gasteiger partial charge in [-0.3, -0.25) is 9.59 Å². The molecule has 0 spiro atoms. The fraction of sp³-hybridized carbons (Fsp3) is 0.409. The Morgan fingerprint density at radius 1 is 1.07 bits per heavy atom. The predicted molar refractivity (Wildman–Crippen MR) is 111 cm³/mol. The second kappa shape index (κ2) is 7.85. The van der Waals surface area contributed by atoms with Crippen LogP contribution in [0.4, 0.5) is 0 Å². The summed E-state index contributed by atoms with van der Waals surface area (Å²) >= 11 is 0. The van der Waals surface area contributed by atoms with E-state index in [2.05, 4.69) is 15.3 Å². The van der Waals surface area contributed by atoms with E-state index >= 15 is 0 Å². The van der Waals surface area contributed by atoms with E-state index in [0.717, 1.165) is 55.5 Å². The first-order chi connectivity index (χ1) is 14.7. The second-order valence-corrected chi connectivity index (χ2v) is 7.99. The van der Waals surface area contributed by atoms with Crippen LogP contribution in [0.25, 0.3) is 5.69 Å². The van der Waals surface area contributed by atoms with Crippen LogP contribution in [0.5, 0.6) is 0 Å². The van der Waals surface area contributed by atoms with Gasteiger partial charge in [0, 0.05) is 12.6 Å². The minimum absolute atomic E-state index is 0.0637. The van der Waals surface area contributed by atoms with E-state index in [9.17, 15) is 9.59 Å². The summed E-state index contributed by atoms with van der Waals surface area (Å²) in [6, 6.07) is 11.2. The topological polar surface area (TPSA) is 85.9 Å². The highest BCUT2D eigenvalue weighted by atomic mass is 16.2. The molecule has 0 bridgehead atoms. The summed E-state index contributed by atoms with van der Waals surface area (Å²) in [6.45, 7) is 1.08. The summed E-state index contributed by atoms with van der Waals surface area (Å²) in [5, 5.41) is 13.2. The van der Waals surface area contributed by atoms with Gasteiger partial charge in [0.05, 0.1) is 30.2 Å². The van der Waals surface area contributed by atoms with Gasteiger partial charge in [0.1, 0.15) is 0 Å². The zero-order chi connectivity index (χ0) is 20.5. The Bertz CT molecular complexity index is 1120. The number of fused-ring (bicyclic) bond motifs is 1. The normalized spacial score (nSPS) is 18.4. The van der Waals surface area contributed by atoms with Gasteiger partial charge in [0.2, 0.25) is 0 Å². The molecule has 1 saturated heterocycles. The van der Waals surface area contributed by atoms with Crippen molar-refractivity contribution < 1.29 is 4.79 Å². The van der Waals surface area contributed by atoms with Gasteiger partial charge in [0.15, 0.2) is 5.69 Å². The number of carbonyl (C=O) groups is 1. The molecule has 1 fully saturated rings. The van der Waals surface area contributed by atoms with Crippen LogP contribution in [0.2, 0.25) is 0 Å². The van der Waals surface area contributed by atoms with E-state index in [4.69, 9.17) is 0 Å². The van der Waals surface area contributed by atoms with E-state index in [0.29, 0.717) is 18.8 Å². The zero-order valence-corrected chi connectivity index (χ0v) is 16.8. The maximum atomic E-state index is 13.1. The van der Waals surface area contributed by atoms with Crippen LogP contribution in [0.1, 0.15) is 47.4 Å². The number of benzene rings is 1. The van der Waals surface area contributed by atoms with Gasteiger partial charge in [-0.1, -0.05) is 18.2 Å². The highest BCUT2D eigenvalue weighted by Crippen LogP contribution is 2.22. The number of likely N-dealkylation sites (tertiary alicyclic amines) is 1. The number of carbonyl (C=O) groups excluding carboxylic acids is 1. The molecule has 154 valence electrons. The average molecular weight is 404 g/mol. The third-order valence-corrected chi connectivity index (χ3v) is 5.99. The number of amides is 1. The van der Waals surface area contributed by atoms with E-state index < -0.39 is 0 Å². The molecule has 1 aromatic carbocycles. The smallest absolute Gasteiger partial charge is 0.276 e. The van der Waals surface area contributed by atoms with Crippen molar-refractivity contribution in [2.45, 2.75) is 51.1 Å². The Kier molecular flexibility index (Phi) is 4.90. The molecule has 8 nitrogen and oxygen atoms in total. The van der Waals surface area contributed by atoms with E-state index in [-0.39, 0.29) is 17.5 Å². The Morgan fingerprint density at radius 3 is 2.77 bits per heavy atom. The van der Waals surface area contributed by atoms with Crippen molar-refractivity contribution in [3.05, 3.63) is 69.9 Å². The van der Waals surface area contributed by atoms with Crippen LogP contribution in [0.3, 0.4) is 0 Å². The molecule has 3 heterocycles. The van der Waals surface area contributed by atoms with E-state index in [1.165, 1.54) is 11.0 Å². The fourth-order valence-electron chi connectivity index (χ4n) is 4.42. The lowest BCUT2D eigenvalue weighted by Gasteiger charge is -2.24. The minimum atomic E-state index is -0.148. The molecule has 5 rings (SSSR count). The third-order valence-electron chi connectivity index (χ3n) is 5.99. The number of aromatic nitrogens is 5. The predicted octanol–water partition coefficient (Wildman–Crippen LogP) is 2.01. The van der Waals surface area contributed by atoms with Gasteiger partial charge in [-0.2, -0.15) is 15.0 Å². The van der Waals surface area contributed by atoms with Crippen LogP contribution >= 0.6 is 0 Å². The maximum Gasteiger partial charge on any atom is 0.276 e. The summed E-state index contributed by atoms with van der Waals surface area (Å²) in [5.41, 5.74) is 3.16. The maximum absolute atomic E-state index is 13.1. The summed E-state index contributed by atoms with van der Waals surface area (Å²) < 4.78 is 1.54. The second-order valence-electron chi connectivity index (χ2n) is 7.99. The average Bonchev–Trinajstić information content (AvgIpc) is 3.44. The zero-order valence-electron chi connectivity index (χ0n) is 16.8. The molecule has 2 aliphatic rings. The van der Waals surface area contributed by atoms with Crippen molar-refractivity contribution in [2.75, 3.05) is 6.54 Å². The molecule has 8 heteroatoms. The number of aryl methyl sites for hydroxylation is 2. The molecule has 1 amide bonds. The molecule has 1 atom stereocenters. The van der Waals surface area contributed by atoms with Gasteiger partial charge >= 0.3 is 0 Å². The van der Waals surface area contributed by atoms with Crippen LogP contribution in [0.15, 0.2) is 47.4 Å². The van der Waals surface area contributed by atoms with Crippen molar-refractivity contribution >= 4 is 5.91 Å². The molecular weight excluding hydrogens is 380 g/mol. The Hall–Kier alpha value is -3.29. The highest BCUT2D eigenvalue weighted by molar-refractivity contribution is 5.92. The lowest BCUT2D eigenvalue weighted by atomic mass is 9.97. The number of hydrogen-bond acceptors (Lipinski definition) is 5. The lowest BCUT2D eigenvalue weighted by molar-refractivity contribution is 0.0713. The monoisotopic (exact) mass is 404 g/mol. The quantitative estimate of drug-likeness (QED) is 0.664. The molecular formula is C22H24N6O2. The van der Waals surface area contributed by atoms with Crippen molar-refractivity contribution in [1.29, 1.82) is 0 Å². The van der Waals surface area contributed by atoms with Gasteiger partial charge in [-0.25, -0.2) is 4.68 Å². The first kappa shape index (κ1) is 18.7. The molecule has 3 aromatic rings. The fourth-order valence-corrected chi connectivity index (χ4v) is 4.42. The summed E-state index contributed by atoms with van der Waals surface area (Å²) in [6.07, 6.45) is 7.35. The molecule has 0 saturated carbocycles. The van der Waals surface area contributed by atoms with Crippen LogP contribution in [0, 0.1) is 0 Å². The van der Waals surface area contributed by atoms with Gasteiger partial charge in [0.25, 0.3) is 11.5 Å². The van der Waals surface area contributed by atoms with Crippen LogP contribution < -0.4 is 5.56 Å². The van der Waals surface area contributed by atoms with Crippen molar-refractivity contribution in [2.24, 2.45) is 0 Å². The molecule has 2 aromatic heterocycles. The molecule has 30 heavy (non-hydrogen) atoms. The third kappa shape index (κ3) is 3.53. The summed E-state index contributed by atoms with van der Waals surface area (Å²) in [7, 11) is 0. The largest absolute Gasteiger partial charge is 0.332 e. The van der Waals surface area contributed by atoms with Crippen LogP contribution in [-0.2, 0) is 19.4 Å². The molecule has 1 aliphatic heterocycles. The Labute approximate surface area is 174 Å². The van der Waals surface area contributed by atoms with E-state index in [1.807, 2.05) is 35.2 Å². The number of hydrogen-bond donors (Lipinski definition) is 0. The number of para-hydroxylation sites is 1. The SMILES string of the molecule is O=C(c1cnn(-c2ccccc2)n1)N1CCCC1Cn1nc2c(cc1=O)CCCC2. The van der Waals surface area contributed by atoms with Crippen molar-refractivity contribution in [3.8, 4) is 5.69 Å².